The molecular weight excluding hydrogens is 534 g/mol. The molecule has 4 aromatic rings. The Kier molecular flexibility index (Phi) is 8.57. The minimum Gasteiger partial charge on any atom is -0.507 e. The number of carbonyl (C=O) groups excluding carboxylic acids is 2. The summed E-state index contributed by atoms with van der Waals surface area (Å²) >= 11 is 0. The van der Waals surface area contributed by atoms with Crippen molar-refractivity contribution in [2.45, 2.75) is 39.5 Å². The van der Waals surface area contributed by atoms with Gasteiger partial charge in [-0.1, -0.05) is 35.9 Å². The fourth-order valence-electron chi connectivity index (χ4n) is 5.10. The first-order valence-corrected chi connectivity index (χ1v) is 13.8. The van der Waals surface area contributed by atoms with Gasteiger partial charge in [0.1, 0.15) is 18.1 Å². The highest BCUT2D eigenvalue weighted by molar-refractivity contribution is 6.46. The summed E-state index contributed by atoms with van der Waals surface area (Å²) in [5, 5.41) is 21.7. The highest BCUT2D eigenvalue weighted by Gasteiger charge is 2.46. The molecule has 9 nitrogen and oxygen atoms in total. The Morgan fingerprint density at radius 1 is 1.00 bits per heavy atom. The van der Waals surface area contributed by atoms with E-state index in [0.29, 0.717) is 43.1 Å². The summed E-state index contributed by atoms with van der Waals surface area (Å²) in [6.45, 7) is 5.39. The number of phenolic OH excluding ortho intramolecular Hbond substituents is 1. The lowest BCUT2D eigenvalue weighted by molar-refractivity contribution is -0.139. The predicted molar refractivity (Wildman–Crippen MR) is 157 cm³/mol. The van der Waals surface area contributed by atoms with Crippen molar-refractivity contribution >= 4 is 17.4 Å². The van der Waals surface area contributed by atoms with Crippen LogP contribution in [0.3, 0.4) is 0 Å². The Labute approximate surface area is 244 Å². The van der Waals surface area contributed by atoms with E-state index in [1.165, 1.54) is 11.0 Å². The molecule has 2 heterocycles. The monoisotopic (exact) mass is 567 g/mol. The van der Waals surface area contributed by atoms with Crippen LogP contribution < -0.4 is 9.47 Å². The molecule has 0 aliphatic carbocycles. The van der Waals surface area contributed by atoms with E-state index in [0.717, 1.165) is 11.1 Å². The summed E-state index contributed by atoms with van der Waals surface area (Å²) in [4.78, 5) is 32.2. The lowest BCUT2D eigenvalue weighted by Gasteiger charge is -2.26. The van der Waals surface area contributed by atoms with Crippen LogP contribution in [0.4, 0.5) is 0 Å². The summed E-state index contributed by atoms with van der Waals surface area (Å²) in [6, 6.07) is 18.6. The van der Waals surface area contributed by atoms with Crippen LogP contribution >= 0.6 is 0 Å². The molecule has 1 aromatic heterocycles. The molecule has 216 valence electrons. The normalized spacial score (nSPS) is 16.1. The highest BCUT2D eigenvalue weighted by atomic mass is 16.5. The fraction of sp³-hybridized carbons (Fsp3) is 0.242. The second-order valence-corrected chi connectivity index (χ2v) is 10.1. The van der Waals surface area contributed by atoms with Crippen molar-refractivity contribution in [3.8, 4) is 17.2 Å². The number of imidazole rings is 1. The lowest BCUT2D eigenvalue weighted by Crippen LogP contribution is -2.31. The number of aromatic nitrogens is 2. The summed E-state index contributed by atoms with van der Waals surface area (Å²) in [7, 11) is 0. The number of aryl methyl sites for hydroxylation is 2. The number of carbonyl (C=O) groups is 2. The van der Waals surface area contributed by atoms with Gasteiger partial charge in [0, 0.05) is 31.0 Å². The quantitative estimate of drug-likeness (QED) is 0.142. The number of hydrogen-bond acceptors (Lipinski definition) is 7. The number of hydrogen-bond donors (Lipinski definition) is 2. The molecule has 42 heavy (non-hydrogen) atoms. The molecule has 1 saturated heterocycles. The van der Waals surface area contributed by atoms with Gasteiger partial charge < -0.3 is 29.2 Å². The zero-order valence-electron chi connectivity index (χ0n) is 23.6. The number of ketones is 1. The van der Waals surface area contributed by atoms with Gasteiger partial charge in [-0.2, -0.15) is 0 Å². The third-order valence-corrected chi connectivity index (χ3v) is 7.13. The van der Waals surface area contributed by atoms with Crippen LogP contribution in [0.25, 0.3) is 5.76 Å². The van der Waals surface area contributed by atoms with Crippen LogP contribution in [-0.4, -0.2) is 49.5 Å². The minimum absolute atomic E-state index is 0.0239. The Morgan fingerprint density at radius 3 is 2.52 bits per heavy atom. The first-order chi connectivity index (χ1) is 20.4. The lowest BCUT2D eigenvalue weighted by atomic mass is 9.95. The van der Waals surface area contributed by atoms with Crippen molar-refractivity contribution in [2.24, 2.45) is 0 Å². The maximum absolute atomic E-state index is 13.4. The smallest absolute Gasteiger partial charge is 0.295 e. The largest absolute Gasteiger partial charge is 0.507 e. The molecular formula is C33H33N3O6. The van der Waals surface area contributed by atoms with E-state index in [1.807, 2.05) is 35.9 Å². The van der Waals surface area contributed by atoms with Gasteiger partial charge >= 0.3 is 0 Å². The van der Waals surface area contributed by atoms with E-state index in [9.17, 15) is 19.8 Å². The highest BCUT2D eigenvalue weighted by Crippen LogP contribution is 2.42. The summed E-state index contributed by atoms with van der Waals surface area (Å²) in [5.74, 6) is -0.980. The van der Waals surface area contributed by atoms with E-state index >= 15 is 0 Å². The molecule has 0 saturated carbocycles. The van der Waals surface area contributed by atoms with Crippen LogP contribution in [0, 0.1) is 6.92 Å². The fourth-order valence-corrected chi connectivity index (χ4v) is 5.10. The summed E-state index contributed by atoms with van der Waals surface area (Å²) in [6.07, 6.45) is 5.75. The van der Waals surface area contributed by atoms with E-state index in [2.05, 4.69) is 11.1 Å². The van der Waals surface area contributed by atoms with Crippen LogP contribution in [0.1, 0.15) is 41.6 Å². The number of Topliss-reactive ketones (excluding diaryl/α,β-unsaturated/α-hetero) is 1. The molecule has 1 amide bonds. The number of amides is 1. The molecule has 3 aromatic carbocycles. The molecule has 1 fully saturated rings. The molecule has 2 N–H and O–H groups in total. The van der Waals surface area contributed by atoms with Crippen molar-refractivity contribution in [1.82, 2.24) is 14.5 Å². The maximum atomic E-state index is 13.4. The Hall–Kier alpha value is -5.05. The van der Waals surface area contributed by atoms with Crippen molar-refractivity contribution in [1.29, 1.82) is 0 Å². The van der Waals surface area contributed by atoms with Crippen LogP contribution in [-0.2, 0) is 22.7 Å². The van der Waals surface area contributed by atoms with Gasteiger partial charge in [-0.15, -0.1) is 0 Å². The van der Waals surface area contributed by atoms with Gasteiger partial charge in [-0.25, -0.2) is 4.98 Å². The van der Waals surface area contributed by atoms with E-state index in [-0.39, 0.29) is 29.4 Å². The standard InChI is InChI=1S/C33H33N3O6/c1-3-41-28-19-25(10-13-27(28)37)30-29(32(39)33(40)36(30)16-5-15-35-17-14-34-21-35)31(38)24-8-11-26(12-9-24)42-20-23-7-4-6-22(2)18-23/h4,6-14,17-19,21,30,37-38H,3,5,15-16,20H2,1-2H3. The van der Waals surface area contributed by atoms with Gasteiger partial charge in [0.2, 0.25) is 0 Å². The zero-order valence-corrected chi connectivity index (χ0v) is 23.6. The van der Waals surface area contributed by atoms with Crippen molar-refractivity contribution in [3.05, 3.63) is 113 Å². The minimum atomic E-state index is -0.871. The van der Waals surface area contributed by atoms with Crippen molar-refractivity contribution in [3.63, 3.8) is 0 Å². The third kappa shape index (κ3) is 6.15. The molecule has 5 rings (SSSR count). The van der Waals surface area contributed by atoms with Crippen molar-refractivity contribution < 1.29 is 29.3 Å². The van der Waals surface area contributed by atoms with Gasteiger partial charge in [-0.3, -0.25) is 9.59 Å². The van der Waals surface area contributed by atoms with Gasteiger partial charge in [-0.05, 0) is 67.8 Å². The van der Waals surface area contributed by atoms with Gasteiger partial charge in [0.15, 0.2) is 11.5 Å². The average Bonchev–Trinajstić information content (AvgIpc) is 3.60. The van der Waals surface area contributed by atoms with E-state index < -0.39 is 17.7 Å². The SMILES string of the molecule is CCOc1cc(C2C(=C(O)c3ccc(OCc4cccc(C)c4)cc3)C(=O)C(=O)N2CCCn2ccnc2)ccc1O. The number of rotatable bonds is 11. The number of aliphatic hydroxyl groups is 1. The molecule has 1 atom stereocenters. The van der Waals surface area contributed by atoms with E-state index in [1.54, 1.807) is 55.8 Å². The number of aliphatic hydroxyl groups excluding tert-OH is 1. The van der Waals surface area contributed by atoms with Gasteiger partial charge in [0.25, 0.3) is 11.7 Å². The van der Waals surface area contributed by atoms with Gasteiger partial charge in [0.05, 0.1) is 24.5 Å². The number of ether oxygens (including phenoxy) is 2. The number of likely N-dealkylation sites (tertiary alicyclic amines) is 1. The second kappa shape index (κ2) is 12.6. The molecule has 1 aliphatic heterocycles. The first kappa shape index (κ1) is 28.5. The number of nitrogens with zero attached hydrogens (tertiary/aromatic N) is 3. The topological polar surface area (TPSA) is 114 Å². The van der Waals surface area contributed by atoms with Crippen LogP contribution in [0.15, 0.2) is 91.0 Å². The van der Waals surface area contributed by atoms with E-state index in [4.69, 9.17) is 9.47 Å². The summed E-state index contributed by atoms with van der Waals surface area (Å²) < 4.78 is 13.4. The molecule has 0 radical (unpaired) electrons. The van der Waals surface area contributed by atoms with Crippen molar-refractivity contribution in [2.75, 3.05) is 13.2 Å². The molecule has 1 aliphatic rings. The van der Waals surface area contributed by atoms with Crippen LogP contribution in [0.5, 0.6) is 17.2 Å². The third-order valence-electron chi connectivity index (χ3n) is 7.13. The number of aromatic hydroxyl groups is 1. The number of phenols is 1. The molecule has 9 heteroatoms. The Balaban J connectivity index is 1.45. The molecule has 0 bridgehead atoms. The first-order valence-electron chi connectivity index (χ1n) is 13.8. The number of benzene rings is 3. The second-order valence-electron chi connectivity index (χ2n) is 10.1. The summed E-state index contributed by atoms with van der Waals surface area (Å²) in [5.41, 5.74) is 3.08. The zero-order chi connectivity index (χ0) is 29.6. The molecule has 1 unspecified atom stereocenters. The van der Waals surface area contributed by atoms with Crippen LogP contribution in [0.2, 0.25) is 0 Å². The Bertz CT molecular complexity index is 1590. The predicted octanol–water partition coefficient (Wildman–Crippen LogP) is 5.39. The maximum Gasteiger partial charge on any atom is 0.295 e. The Morgan fingerprint density at radius 2 is 1.81 bits per heavy atom. The average molecular weight is 568 g/mol. The molecule has 0 spiro atoms.